The van der Waals surface area contributed by atoms with Gasteiger partial charge in [-0.3, -0.25) is 4.90 Å². The molecule has 3 unspecified atom stereocenters. The van der Waals surface area contributed by atoms with Crippen molar-refractivity contribution < 1.29 is 5.11 Å². The normalized spacial score (nSPS) is 28.4. The fourth-order valence-corrected chi connectivity index (χ4v) is 3.57. The van der Waals surface area contributed by atoms with Gasteiger partial charge in [0.25, 0.3) is 0 Å². The van der Waals surface area contributed by atoms with Gasteiger partial charge in [0.1, 0.15) is 0 Å². The molecule has 2 nitrogen and oxygen atoms in total. The zero-order chi connectivity index (χ0) is 13.1. The summed E-state index contributed by atoms with van der Waals surface area (Å²) in [7, 11) is 0. The van der Waals surface area contributed by atoms with Crippen molar-refractivity contribution in [3.63, 3.8) is 0 Å². The molecule has 1 N–H and O–H groups in total. The third-order valence-corrected chi connectivity index (χ3v) is 4.73. The summed E-state index contributed by atoms with van der Waals surface area (Å²) >= 11 is 0. The van der Waals surface area contributed by atoms with Crippen LogP contribution in [0.25, 0.3) is 0 Å². The summed E-state index contributed by atoms with van der Waals surface area (Å²) in [5, 5.41) is 10.7. The van der Waals surface area contributed by atoms with Gasteiger partial charge in [0.2, 0.25) is 0 Å². The van der Waals surface area contributed by atoms with E-state index in [1.807, 2.05) is 0 Å². The van der Waals surface area contributed by atoms with E-state index in [9.17, 15) is 5.11 Å². The highest BCUT2D eigenvalue weighted by Crippen LogP contribution is 2.35. The average Bonchev–Trinajstić information content (AvgIpc) is 2.29. The van der Waals surface area contributed by atoms with Crippen molar-refractivity contribution in [2.45, 2.75) is 71.9 Å². The maximum Gasteiger partial charge on any atom is 0.0746 e. The zero-order valence-electron chi connectivity index (χ0n) is 12.4. The van der Waals surface area contributed by atoms with Crippen LogP contribution in [0, 0.1) is 11.8 Å². The standard InChI is InChI=1S/C15H31NO/c1-6-16(7-2)15(4,5)14(17)13-10-8-9-12(3)11-13/h12-14,17H,6-11H2,1-5H3. The summed E-state index contributed by atoms with van der Waals surface area (Å²) in [5.74, 6) is 1.28. The summed E-state index contributed by atoms with van der Waals surface area (Å²) in [6.07, 6.45) is 4.85. The molecule has 102 valence electrons. The van der Waals surface area contributed by atoms with Crippen LogP contribution in [0.5, 0.6) is 0 Å². The molecule has 0 aromatic rings. The third-order valence-electron chi connectivity index (χ3n) is 4.73. The molecule has 1 aliphatic carbocycles. The summed E-state index contributed by atoms with van der Waals surface area (Å²) in [6.45, 7) is 13.1. The molecule has 0 saturated heterocycles. The van der Waals surface area contributed by atoms with Crippen LogP contribution in [-0.2, 0) is 0 Å². The number of aliphatic hydroxyl groups is 1. The highest BCUT2D eigenvalue weighted by atomic mass is 16.3. The highest BCUT2D eigenvalue weighted by molar-refractivity contribution is 4.93. The van der Waals surface area contributed by atoms with Crippen LogP contribution >= 0.6 is 0 Å². The number of rotatable bonds is 5. The van der Waals surface area contributed by atoms with Crippen molar-refractivity contribution in [3.05, 3.63) is 0 Å². The van der Waals surface area contributed by atoms with E-state index in [1.54, 1.807) is 0 Å². The molecule has 0 amide bonds. The molecule has 0 spiro atoms. The molecule has 0 radical (unpaired) electrons. The van der Waals surface area contributed by atoms with E-state index >= 15 is 0 Å². The highest BCUT2D eigenvalue weighted by Gasteiger charge is 2.38. The largest absolute Gasteiger partial charge is 0.391 e. The Morgan fingerprint density at radius 2 is 1.82 bits per heavy atom. The molecule has 0 bridgehead atoms. The first-order valence-corrected chi connectivity index (χ1v) is 7.36. The Labute approximate surface area is 107 Å². The molecule has 1 rings (SSSR count). The van der Waals surface area contributed by atoms with Gasteiger partial charge in [-0.25, -0.2) is 0 Å². The van der Waals surface area contributed by atoms with E-state index in [-0.39, 0.29) is 11.6 Å². The van der Waals surface area contributed by atoms with Gasteiger partial charge in [-0.05, 0) is 51.6 Å². The van der Waals surface area contributed by atoms with Crippen molar-refractivity contribution in [1.29, 1.82) is 0 Å². The molecule has 0 aromatic carbocycles. The summed E-state index contributed by atoms with van der Waals surface area (Å²) in [4.78, 5) is 2.39. The first kappa shape index (κ1) is 15.0. The maximum absolute atomic E-state index is 10.7. The topological polar surface area (TPSA) is 23.5 Å². The monoisotopic (exact) mass is 241 g/mol. The number of hydrogen-bond donors (Lipinski definition) is 1. The maximum atomic E-state index is 10.7. The smallest absolute Gasteiger partial charge is 0.0746 e. The molecule has 1 fully saturated rings. The van der Waals surface area contributed by atoms with Crippen molar-refractivity contribution in [3.8, 4) is 0 Å². The Morgan fingerprint density at radius 1 is 1.24 bits per heavy atom. The molecule has 0 aliphatic heterocycles. The Kier molecular flexibility index (Phi) is 5.46. The lowest BCUT2D eigenvalue weighted by molar-refractivity contribution is -0.0514. The number of aliphatic hydroxyl groups excluding tert-OH is 1. The average molecular weight is 241 g/mol. The van der Waals surface area contributed by atoms with Gasteiger partial charge < -0.3 is 5.11 Å². The lowest BCUT2D eigenvalue weighted by atomic mass is 9.74. The van der Waals surface area contributed by atoms with Crippen LogP contribution in [0.1, 0.15) is 60.3 Å². The lowest BCUT2D eigenvalue weighted by Crippen LogP contribution is -2.55. The zero-order valence-corrected chi connectivity index (χ0v) is 12.4. The van der Waals surface area contributed by atoms with Crippen molar-refractivity contribution in [2.24, 2.45) is 11.8 Å². The molecule has 2 heteroatoms. The van der Waals surface area contributed by atoms with Gasteiger partial charge in [0, 0.05) is 5.54 Å². The predicted molar refractivity (Wildman–Crippen MR) is 74.1 cm³/mol. The van der Waals surface area contributed by atoms with Gasteiger partial charge >= 0.3 is 0 Å². The van der Waals surface area contributed by atoms with Crippen LogP contribution in [0.15, 0.2) is 0 Å². The lowest BCUT2D eigenvalue weighted by Gasteiger charge is -2.45. The molecule has 0 aromatic heterocycles. The Bertz CT molecular complexity index is 223. The molecule has 1 saturated carbocycles. The van der Waals surface area contributed by atoms with Crippen LogP contribution in [0.3, 0.4) is 0 Å². The Morgan fingerprint density at radius 3 is 2.29 bits per heavy atom. The van der Waals surface area contributed by atoms with Crippen LogP contribution in [0.4, 0.5) is 0 Å². The van der Waals surface area contributed by atoms with E-state index in [4.69, 9.17) is 0 Å². The number of nitrogens with zero attached hydrogens (tertiary/aromatic N) is 1. The number of likely N-dealkylation sites (N-methyl/N-ethyl adjacent to an activating group) is 1. The minimum Gasteiger partial charge on any atom is -0.391 e. The minimum absolute atomic E-state index is 0.0920. The number of hydrogen-bond acceptors (Lipinski definition) is 2. The Balaban J connectivity index is 2.69. The predicted octanol–water partition coefficient (Wildman–Crippen LogP) is 3.29. The second-order valence-electron chi connectivity index (χ2n) is 6.30. The van der Waals surface area contributed by atoms with Gasteiger partial charge in [-0.1, -0.05) is 33.6 Å². The van der Waals surface area contributed by atoms with Gasteiger partial charge in [0.05, 0.1) is 6.10 Å². The van der Waals surface area contributed by atoms with E-state index in [0.717, 1.165) is 19.0 Å². The van der Waals surface area contributed by atoms with Crippen molar-refractivity contribution in [2.75, 3.05) is 13.1 Å². The summed E-state index contributed by atoms with van der Waals surface area (Å²) < 4.78 is 0. The first-order chi connectivity index (χ1) is 7.93. The molecule has 1 aliphatic rings. The second-order valence-corrected chi connectivity index (χ2v) is 6.30. The molecule has 17 heavy (non-hydrogen) atoms. The summed E-state index contributed by atoms with van der Waals surface area (Å²) in [6, 6.07) is 0. The van der Waals surface area contributed by atoms with Gasteiger partial charge in [-0.15, -0.1) is 0 Å². The third kappa shape index (κ3) is 3.45. The Hall–Kier alpha value is -0.0800. The quantitative estimate of drug-likeness (QED) is 0.798. The van der Waals surface area contributed by atoms with Crippen molar-refractivity contribution in [1.82, 2.24) is 4.90 Å². The summed E-state index contributed by atoms with van der Waals surface area (Å²) in [5.41, 5.74) is -0.0920. The van der Waals surface area contributed by atoms with Crippen LogP contribution in [0.2, 0.25) is 0 Å². The van der Waals surface area contributed by atoms with E-state index in [0.29, 0.717) is 5.92 Å². The fraction of sp³-hybridized carbons (Fsp3) is 1.00. The van der Waals surface area contributed by atoms with Gasteiger partial charge in [0.15, 0.2) is 0 Å². The first-order valence-electron chi connectivity index (χ1n) is 7.36. The van der Waals surface area contributed by atoms with Crippen LogP contribution < -0.4 is 0 Å². The van der Waals surface area contributed by atoms with E-state index in [1.165, 1.54) is 25.7 Å². The van der Waals surface area contributed by atoms with E-state index < -0.39 is 0 Å². The minimum atomic E-state index is -0.190. The van der Waals surface area contributed by atoms with Crippen LogP contribution in [-0.4, -0.2) is 34.7 Å². The van der Waals surface area contributed by atoms with Gasteiger partial charge in [-0.2, -0.15) is 0 Å². The molecule has 0 heterocycles. The molecular formula is C15H31NO. The van der Waals surface area contributed by atoms with E-state index in [2.05, 4.69) is 39.5 Å². The second kappa shape index (κ2) is 6.19. The fourth-order valence-electron chi connectivity index (χ4n) is 3.57. The molecular weight excluding hydrogens is 210 g/mol. The van der Waals surface area contributed by atoms with Crippen molar-refractivity contribution >= 4 is 0 Å². The molecule has 3 atom stereocenters. The SMILES string of the molecule is CCN(CC)C(C)(C)C(O)C1CCCC(C)C1.